The number of thiocarbonyl (C=S) groups is 1. The van der Waals surface area contributed by atoms with E-state index in [0.29, 0.717) is 16.6 Å². The number of carbonyl (C=O) groups excluding carboxylic acids is 1. The Labute approximate surface area is 174 Å². The number of benzene rings is 3. The van der Waals surface area contributed by atoms with Crippen LogP contribution in [0, 0.1) is 0 Å². The molecular formula is C23H20N2O3S. The second-order valence-electron chi connectivity index (χ2n) is 6.69. The summed E-state index contributed by atoms with van der Waals surface area (Å²) in [7, 11) is 1.79. The van der Waals surface area contributed by atoms with Gasteiger partial charge < -0.3 is 14.7 Å². The second kappa shape index (κ2) is 8.03. The highest BCUT2D eigenvalue weighted by Crippen LogP contribution is 2.30. The number of likely N-dealkylation sites (N-methyl/N-ethyl adjacent to an activating group) is 1. The lowest BCUT2D eigenvalue weighted by Gasteiger charge is -2.17. The number of aliphatic hydroxyl groups excluding tert-OH is 1. The van der Waals surface area contributed by atoms with Crippen LogP contribution in [0.5, 0.6) is 5.75 Å². The number of aliphatic hydroxyl groups is 1. The SMILES string of the molecule is CN1C(=S)N(c2ccc3ccccc3c2)C(=O)/C1=C\c1cccc(OCCO)c1. The van der Waals surface area contributed by atoms with E-state index in [2.05, 4.69) is 0 Å². The van der Waals surface area contributed by atoms with Gasteiger partial charge in [-0.05, 0) is 58.9 Å². The first kappa shape index (κ1) is 19.1. The van der Waals surface area contributed by atoms with Gasteiger partial charge in [-0.25, -0.2) is 0 Å². The van der Waals surface area contributed by atoms with Crippen molar-refractivity contribution in [2.24, 2.45) is 0 Å². The van der Waals surface area contributed by atoms with Gasteiger partial charge in [0, 0.05) is 7.05 Å². The average Bonchev–Trinajstić information content (AvgIpc) is 2.95. The third kappa shape index (κ3) is 3.72. The molecule has 0 aliphatic carbocycles. The van der Waals surface area contributed by atoms with Crippen LogP contribution < -0.4 is 9.64 Å². The summed E-state index contributed by atoms with van der Waals surface area (Å²) in [6, 6.07) is 21.2. The van der Waals surface area contributed by atoms with E-state index in [-0.39, 0.29) is 19.1 Å². The molecule has 5 nitrogen and oxygen atoms in total. The molecule has 0 bridgehead atoms. The molecule has 0 spiro atoms. The van der Waals surface area contributed by atoms with Crippen LogP contribution >= 0.6 is 12.2 Å². The molecule has 0 radical (unpaired) electrons. The Bertz CT molecular complexity index is 1130. The number of fused-ring (bicyclic) bond motifs is 1. The summed E-state index contributed by atoms with van der Waals surface area (Å²) in [5.41, 5.74) is 2.05. The van der Waals surface area contributed by atoms with Crippen LogP contribution in [0.15, 0.2) is 72.4 Å². The predicted molar refractivity (Wildman–Crippen MR) is 119 cm³/mol. The molecule has 3 aromatic carbocycles. The molecule has 146 valence electrons. The molecule has 0 atom stereocenters. The van der Waals surface area contributed by atoms with Crippen LogP contribution in [-0.4, -0.2) is 41.3 Å². The third-order valence-electron chi connectivity index (χ3n) is 4.77. The van der Waals surface area contributed by atoms with Crippen LogP contribution in [0.25, 0.3) is 16.8 Å². The highest BCUT2D eigenvalue weighted by molar-refractivity contribution is 7.80. The largest absolute Gasteiger partial charge is 0.491 e. The summed E-state index contributed by atoms with van der Waals surface area (Å²) in [4.78, 5) is 16.5. The summed E-state index contributed by atoms with van der Waals surface area (Å²) in [5, 5.41) is 11.5. The second-order valence-corrected chi connectivity index (χ2v) is 7.05. The highest BCUT2D eigenvalue weighted by atomic mass is 32.1. The van der Waals surface area contributed by atoms with E-state index in [1.807, 2.05) is 66.7 Å². The van der Waals surface area contributed by atoms with Crippen molar-refractivity contribution in [2.45, 2.75) is 0 Å². The van der Waals surface area contributed by atoms with Crippen molar-refractivity contribution in [1.29, 1.82) is 0 Å². The Morgan fingerprint density at radius 3 is 2.62 bits per heavy atom. The lowest BCUT2D eigenvalue weighted by Crippen LogP contribution is -2.31. The predicted octanol–water partition coefficient (Wildman–Crippen LogP) is 3.82. The minimum atomic E-state index is -0.172. The van der Waals surface area contributed by atoms with Crippen LogP contribution in [0.3, 0.4) is 0 Å². The number of carbonyl (C=O) groups is 1. The van der Waals surface area contributed by atoms with Crippen molar-refractivity contribution in [3.8, 4) is 5.75 Å². The molecule has 1 heterocycles. The molecule has 0 unspecified atom stereocenters. The van der Waals surface area contributed by atoms with Gasteiger partial charge in [0.25, 0.3) is 5.91 Å². The van der Waals surface area contributed by atoms with Crippen LogP contribution in [-0.2, 0) is 4.79 Å². The van der Waals surface area contributed by atoms with E-state index >= 15 is 0 Å². The number of nitrogens with zero attached hydrogens (tertiary/aromatic N) is 2. The van der Waals surface area contributed by atoms with Gasteiger partial charge >= 0.3 is 0 Å². The highest BCUT2D eigenvalue weighted by Gasteiger charge is 2.36. The number of ether oxygens (including phenoxy) is 1. The summed E-state index contributed by atoms with van der Waals surface area (Å²) >= 11 is 5.56. The molecule has 1 aliphatic rings. The first-order chi connectivity index (χ1) is 14.1. The molecule has 1 saturated heterocycles. The zero-order valence-corrected chi connectivity index (χ0v) is 16.7. The lowest BCUT2D eigenvalue weighted by molar-refractivity contribution is -0.114. The Hall–Kier alpha value is -3.22. The van der Waals surface area contributed by atoms with Gasteiger partial charge in [0.15, 0.2) is 5.11 Å². The zero-order chi connectivity index (χ0) is 20.4. The fraction of sp³-hybridized carbons (Fsp3) is 0.130. The minimum Gasteiger partial charge on any atom is -0.491 e. The van der Waals surface area contributed by atoms with Gasteiger partial charge in [-0.3, -0.25) is 9.69 Å². The normalized spacial score (nSPS) is 15.6. The molecule has 1 N–H and O–H groups in total. The number of rotatable bonds is 5. The molecule has 1 fully saturated rings. The van der Waals surface area contributed by atoms with Gasteiger partial charge in [0.1, 0.15) is 18.1 Å². The van der Waals surface area contributed by atoms with Crippen molar-refractivity contribution in [3.05, 3.63) is 78.0 Å². The van der Waals surface area contributed by atoms with E-state index < -0.39 is 0 Å². The van der Waals surface area contributed by atoms with E-state index in [9.17, 15) is 4.79 Å². The van der Waals surface area contributed by atoms with Gasteiger partial charge in [-0.15, -0.1) is 0 Å². The first-order valence-corrected chi connectivity index (χ1v) is 9.65. The number of amides is 1. The topological polar surface area (TPSA) is 53.0 Å². The number of anilines is 1. The first-order valence-electron chi connectivity index (χ1n) is 9.25. The van der Waals surface area contributed by atoms with Gasteiger partial charge in [-0.2, -0.15) is 0 Å². The summed E-state index contributed by atoms with van der Waals surface area (Å²) < 4.78 is 5.45. The van der Waals surface area contributed by atoms with Crippen LogP contribution in [0.1, 0.15) is 5.56 Å². The summed E-state index contributed by atoms with van der Waals surface area (Å²) in [6.45, 7) is 0.167. The van der Waals surface area contributed by atoms with Crippen LogP contribution in [0.2, 0.25) is 0 Å². The quantitative estimate of drug-likeness (QED) is 0.518. The smallest absolute Gasteiger partial charge is 0.281 e. The Morgan fingerprint density at radius 2 is 1.83 bits per heavy atom. The van der Waals surface area contributed by atoms with E-state index in [1.54, 1.807) is 22.9 Å². The van der Waals surface area contributed by atoms with Gasteiger partial charge in [0.05, 0.1) is 12.3 Å². The van der Waals surface area contributed by atoms with E-state index in [0.717, 1.165) is 22.0 Å². The standard InChI is InChI=1S/C23H20N2O3S/c1-24-21(14-16-5-4-8-20(13-16)28-12-11-26)22(27)25(23(24)29)19-10-9-17-6-2-3-7-18(17)15-19/h2-10,13-15,26H,11-12H2,1H3/b21-14+. The third-order valence-corrected chi connectivity index (χ3v) is 5.23. The minimum absolute atomic E-state index is 0.0540. The van der Waals surface area contributed by atoms with E-state index in [1.165, 1.54) is 0 Å². The van der Waals surface area contributed by atoms with Gasteiger partial charge in [0.2, 0.25) is 0 Å². The molecular weight excluding hydrogens is 384 g/mol. The molecule has 4 rings (SSSR count). The Morgan fingerprint density at radius 1 is 1.03 bits per heavy atom. The summed E-state index contributed by atoms with van der Waals surface area (Å²) in [6.07, 6.45) is 1.79. The monoisotopic (exact) mass is 404 g/mol. The number of hydrogen-bond donors (Lipinski definition) is 1. The molecule has 0 aromatic heterocycles. The average molecular weight is 404 g/mol. The Balaban J connectivity index is 1.67. The summed E-state index contributed by atoms with van der Waals surface area (Å²) in [5.74, 6) is 0.463. The maximum absolute atomic E-state index is 13.2. The molecule has 1 aliphatic heterocycles. The molecule has 1 amide bonds. The number of hydrogen-bond acceptors (Lipinski definition) is 4. The molecule has 3 aromatic rings. The fourth-order valence-corrected chi connectivity index (χ4v) is 3.60. The van der Waals surface area contributed by atoms with Crippen molar-refractivity contribution in [1.82, 2.24) is 4.90 Å². The van der Waals surface area contributed by atoms with Crippen LogP contribution in [0.4, 0.5) is 5.69 Å². The van der Waals surface area contributed by atoms with Gasteiger partial charge in [-0.1, -0.05) is 42.5 Å². The Kier molecular flexibility index (Phi) is 5.29. The molecule has 29 heavy (non-hydrogen) atoms. The van der Waals surface area contributed by atoms with E-state index in [4.69, 9.17) is 22.1 Å². The molecule has 0 saturated carbocycles. The molecule has 6 heteroatoms. The fourth-order valence-electron chi connectivity index (χ4n) is 3.32. The maximum atomic E-state index is 13.2. The van der Waals surface area contributed by atoms with Crippen molar-refractivity contribution < 1.29 is 14.6 Å². The lowest BCUT2D eigenvalue weighted by atomic mass is 10.1. The van der Waals surface area contributed by atoms with Crippen molar-refractivity contribution >= 4 is 45.8 Å². The van der Waals surface area contributed by atoms with Crippen molar-refractivity contribution in [3.63, 3.8) is 0 Å². The maximum Gasteiger partial charge on any atom is 0.281 e. The zero-order valence-electron chi connectivity index (χ0n) is 15.9. The van der Waals surface area contributed by atoms with Crippen molar-refractivity contribution in [2.75, 3.05) is 25.2 Å².